The van der Waals surface area contributed by atoms with Gasteiger partial charge in [0.25, 0.3) is 0 Å². The van der Waals surface area contributed by atoms with Gasteiger partial charge in [-0.2, -0.15) is 0 Å². The van der Waals surface area contributed by atoms with E-state index in [2.05, 4.69) is 22.5 Å². The molecule has 0 radical (unpaired) electrons. The third-order valence-corrected chi connectivity index (χ3v) is 5.29. The van der Waals surface area contributed by atoms with Gasteiger partial charge in [-0.1, -0.05) is 24.3 Å². The van der Waals surface area contributed by atoms with Crippen LogP contribution >= 0.6 is 24.0 Å². The van der Waals surface area contributed by atoms with Crippen LogP contribution in [0.25, 0.3) is 0 Å². The number of piperidine rings is 1. The average molecular weight is 567 g/mol. The topological polar surface area (TPSA) is 101 Å². The predicted octanol–water partition coefficient (Wildman–Crippen LogP) is 3.11. The van der Waals surface area contributed by atoms with Crippen LogP contribution in [0.1, 0.15) is 25.3 Å². The lowest BCUT2D eigenvalue weighted by Gasteiger charge is -2.32. The highest BCUT2D eigenvalue weighted by atomic mass is 127. The lowest BCUT2D eigenvalue weighted by atomic mass is 10.1. The summed E-state index contributed by atoms with van der Waals surface area (Å²) in [5, 5.41) is 6.83. The summed E-state index contributed by atoms with van der Waals surface area (Å²) in [6.45, 7) is 5.44. The zero-order chi connectivity index (χ0) is 22.8. The van der Waals surface area contributed by atoms with Crippen LogP contribution in [-0.2, 0) is 11.3 Å². The number of aliphatic imine (C=N–C) groups is 1. The van der Waals surface area contributed by atoms with Gasteiger partial charge in [0.05, 0.1) is 20.2 Å². The number of para-hydroxylation sites is 2. The number of ether oxygens (including phenoxy) is 2. The summed E-state index contributed by atoms with van der Waals surface area (Å²) in [6, 6.07) is 15.8. The highest BCUT2D eigenvalue weighted by Crippen LogP contribution is 2.30. The molecule has 0 aromatic heterocycles. The molecule has 1 fully saturated rings. The van der Waals surface area contributed by atoms with Gasteiger partial charge in [-0.05, 0) is 49.6 Å². The molecule has 3 rings (SSSR count). The van der Waals surface area contributed by atoms with Crippen LogP contribution in [0.15, 0.2) is 53.5 Å². The Hall–Kier alpha value is -2.53. The number of hydrogen-bond acceptors (Lipinski definition) is 5. The number of primary amides is 1. The van der Waals surface area contributed by atoms with Crippen molar-refractivity contribution in [2.75, 3.05) is 33.3 Å². The first-order chi connectivity index (χ1) is 15.6. The lowest BCUT2D eigenvalue weighted by molar-refractivity contribution is -0.119. The van der Waals surface area contributed by atoms with E-state index >= 15 is 0 Å². The molecule has 0 atom stereocenters. The number of amides is 1. The Labute approximate surface area is 212 Å². The summed E-state index contributed by atoms with van der Waals surface area (Å²) in [4.78, 5) is 17.9. The van der Waals surface area contributed by atoms with Gasteiger partial charge < -0.3 is 25.8 Å². The lowest BCUT2D eigenvalue weighted by Crippen LogP contribution is -2.49. The summed E-state index contributed by atoms with van der Waals surface area (Å²) >= 11 is 0. The summed E-state index contributed by atoms with van der Waals surface area (Å²) in [6.07, 6.45) is 1.90. The molecule has 1 aliphatic heterocycles. The summed E-state index contributed by atoms with van der Waals surface area (Å²) in [5.41, 5.74) is 6.38. The molecular formula is C24H34IN5O3. The van der Waals surface area contributed by atoms with Gasteiger partial charge in [0.15, 0.2) is 17.5 Å². The van der Waals surface area contributed by atoms with E-state index in [9.17, 15) is 4.79 Å². The number of hydrogen-bond donors (Lipinski definition) is 3. The highest BCUT2D eigenvalue weighted by Gasteiger charge is 2.20. The SMILES string of the molecule is CCNC(=NCc1ccc(Oc2ccccc2OC)cc1)NC1CCN(CC(N)=O)CC1.I. The number of halogens is 1. The molecule has 1 heterocycles. The number of rotatable bonds is 9. The van der Waals surface area contributed by atoms with Gasteiger partial charge in [0, 0.05) is 25.7 Å². The van der Waals surface area contributed by atoms with Crippen LogP contribution in [0.5, 0.6) is 17.2 Å². The molecule has 0 bridgehead atoms. The van der Waals surface area contributed by atoms with Crippen molar-refractivity contribution in [1.82, 2.24) is 15.5 Å². The first kappa shape index (κ1) is 26.7. The van der Waals surface area contributed by atoms with Crippen LogP contribution in [0.3, 0.4) is 0 Å². The zero-order valence-electron chi connectivity index (χ0n) is 19.3. The van der Waals surface area contributed by atoms with Gasteiger partial charge in [0.1, 0.15) is 5.75 Å². The Morgan fingerprint density at radius 2 is 1.79 bits per heavy atom. The van der Waals surface area contributed by atoms with Crippen molar-refractivity contribution in [3.05, 3.63) is 54.1 Å². The molecule has 0 aliphatic carbocycles. The number of nitrogens with zero attached hydrogens (tertiary/aromatic N) is 2. The van der Waals surface area contributed by atoms with Crippen molar-refractivity contribution in [3.8, 4) is 17.2 Å². The molecule has 1 saturated heterocycles. The van der Waals surface area contributed by atoms with Crippen molar-refractivity contribution < 1.29 is 14.3 Å². The van der Waals surface area contributed by atoms with Crippen molar-refractivity contribution >= 4 is 35.8 Å². The molecule has 2 aromatic rings. The maximum atomic E-state index is 11.1. The second-order valence-corrected chi connectivity index (χ2v) is 7.75. The molecule has 1 aliphatic rings. The maximum Gasteiger partial charge on any atom is 0.231 e. The molecule has 2 aromatic carbocycles. The van der Waals surface area contributed by atoms with Crippen molar-refractivity contribution in [1.29, 1.82) is 0 Å². The standard InChI is InChI=1S/C24H33N5O3.HI/c1-3-26-24(28-19-12-14-29(15-13-19)17-23(25)30)27-16-18-8-10-20(11-9-18)32-22-7-5-4-6-21(22)31-2;/h4-11,19H,3,12-17H2,1-2H3,(H2,25,30)(H2,26,27,28);1H. The largest absolute Gasteiger partial charge is 0.493 e. The quantitative estimate of drug-likeness (QED) is 0.245. The normalized spacial score (nSPS) is 14.8. The predicted molar refractivity (Wildman–Crippen MR) is 142 cm³/mol. The van der Waals surface area contributed by atoms with Crippen LogP contribution in [0, 0.1) is 0 Å². The maximum absolute atomic E-state index is 11.1. The number of carbonyl (C=O) groups excluding carboxylic acids is 1. The molecule has 8 nitrogen and oxygen atoms in total. The van der Waals surface area contributed by atoms with Gasteiger partial charge in [-0.15, -0.1) is 24.0 Å². The molecule has 0 spiro atoms. The minimum absolute atomic E-state index is 0. The van der Waals surface area contributed by atoms with Crippen LogP contribution < -0.4 is 25.8 Å². The van der Waals surface area contributed by atoms with E-state index < -0.39 is 0 Å². The minimum atomic E-state index is -0.273. The summed E-state index contributed by atoms with van der Waals surface area (Å²) < 4.78 is 11.3. The van der Waals surface area contributed by atoms with Crippen molar-refractivity contribution in [2.45, 2.75) is 32.4 Å². The summed E-state index contributed by atoms with van der Waals surface area (Å²) in [7, 11) is 1.63. The Kier molecular flexibility index (Phi) is 11.2. The Balaban J connectivity index is 0.00000385. The molecule has 180 valence electrons. The molecule has 0 saturated carbocycles. The highest BCUT2D eigenvalue weighted by molar-refractivity contribution is 14.0. The smallest absolute Gasteiger partial charge is 0.231 e. The average Bonchev–Trinajstić information content (AvgIpc) is 2.80. The first-order valence-corrected chi connectivity index (χ1v) is 11.0. The number of nitrogens with two attached hydrogens (primary N) is 1. The Morgan fingerprint density at radius 1 is 1.12 bits per heavy atom. The zero-order valence-corrected chi connectivity index (χ0v) is 21.6. The van der Waals surface area contributed by atoms with Crippen molar-refractivity contribution in [3.63, 3.8) is 0 Å². The molecule has 9 heteroatoms. The number of carbonyl (C=O) groups is 1. The van der Waals surface area contributed by atoms with E-state index in [4.69, 9.17) is 20.2 Å². The van der Waals surface area contributed by atoms with Gasteiger partial charge in [-0.3, -0.25) is 9.69 Å². The van der Waals surface area contributed by atoms with Crippen molar-refractivity contribution in [2.24, 2.45) is 10.7 Å². The van der Waals surface area contributed by atoms with Gasteiger partial charge in [0.2, 0.25) is 5.91 Å². The second-order valence-electron chi connectivity index (χ2n) is 7.75. The monoisotopic (exact) mass is 567 g/mol. The molecule has 33 heavy (non-hydrogen) atoms. The fraction of sp³-hybridized carbons (Fsp3) is 0.417. The van der Waals surface area contributed by atoms with E-state index in [1.54, 1.807) is 7.11 Å². The minimum Gasteiger partial charge on any atom is -0.493 e. The van der Waals surface area contributed by atoms with Gasteiger partial charge >= 0.3 is 0 Å². The molecule has 4 N–H and O–H groups in total. The fourth-order valence-corrected chi connectivity index (χ4v) is 3.63. The molecule has 1 amide bonds. The third-order valence-electron chi connectivity index (χ3n) is 5.29. The van der Waals surface area contributed by atoms with E-state index in [0.717, 1.165) is 49.7 Å². The second kappa shape index (κ2) is 13.9. The van der Waals surface area contributed by atoms with Gasteiger partial charge in [-0.25, -0.2) is 4.99 Å². The number of nitrogens with one attached hydrogen (secondary N) is 2. The van der Waals surface area contributed by atoms with E-state index in [-0.39, 0.29) is 29.9 Å². The van der Waals surface area contributed by atoms with Crippen LogP contribution in [-0.4, -0.2) is 56.1 Å². The number of likely N-dealkylation sites (tertiary alicyclic amines) is 1. The van der Waals surface area contributed by atoms with Crippen LogP contribution in [0.2, 0.25) is 0 Å². The number of methoxy groups -OCH3 is 1. The number of guanidine groups is 1. The fourth-order valence-electron chi connectivity index (χ4n) is 3.63. The third kappa shape index (κ3) is 8.73. The van der Waals surface area contributed by atoms with E-state index in [1.807, 2.05) is 48.5 Å². The number of benzene rings is 2. The summed E-state index contributed by atoms with van der Waals surface area (Å²) in [5.74, 6) is 2.65. The first-order valence-electron chi connectivity index (χ1n) is 11.0. The Morgan fingerprint density at radius 3 is 2.39 bits per heavy atom. The van der Waals surface area contributed by atoms with E-state index in [1.165, 1.54) is 0 Å². The van der Waals surface area contributed by atoms with Crippen LogP contribution in [0.4, 0.5) is 0 Å². The molecular weight excluding hydrogens is 533 g/mol. The molecule has 0 unspecified atom stereocenters. The Bertz CT molecular complexity index is 899. The van der Waals surface area contributed by atoms with E-state index in [0.29, 0.717) is 30.6 Å².